The first-order valence-corrected chi connectivity index (χ1v) is 30.0. The van der Waals surface area contributed by atoms with Gasteiger partial charge in [-0.05, 0) is 116 Å². The van der Waals surface area contributed by atoms with Gasteiger partial charge in [-0.15, -0.1) is 0 Å². The standard InChI is InChI=1S/C58H94O25/c1-24-34(62)46(82-48-40(68)35(63)27(60)21-74-48)44(72)51(77-24)81-45-28(61)22-75-49(43(45)71)80-33-12-13-55(6)31(54(33,4)5)11-14-57(8)32(55)10-9-25-26-19-53(2,3)15-17-58(26,18-16-56(25,57)7)52(73)83-50-42(70)39(67)37(65)30(79-50)23-76-47-41(69)38(66)36(64)29(20-59)78-47/h9,24,26-51,59-72H,10-23H2,1-8H3/t24-,26+,27+,28-,29+,30+,31+,32+,33-,34-,35-,36+,37+,38-,39-,40+,41+,42+,43+,44+,45-,46+,47+,48-,49-,50-,51-,55-,56+,57+,58-/m0/s1. The monoisotopic (exact) mass is 1190 g/mol. The number of carbonyl (C=O) groups excluding carboxylic acids is 1. The van der Waals surface area contributed by atoms with Crippen LogP contribution in [-0.2, 0) is 52.2 Å². The summed E-state index contributed by atoms with van der Waals surface area (Å²) in [4.78, 5) is 15.1. The van der Waals surface area contributed by atoms with Crippen LogP contribution in [0.4, 0.5) is 0 Å². The molecule has 5 aliphatic carbocycles. The maximum absolute atomic E-state index is 15.1. The molecule has 10 aliphatic rings. The van der Waals surface area contributed by atoms with Crippen LogP contribution >= 0.6 is 0 Å². The summed E-state index contributed by atoms with van der Waals surface area (Å²) in [5, 5.41) is 150. The summed E-state index contributed by atoms with van der Waals surface area (Å²) in [6.45, 7) is 15.6. The SMILES string of the molecule is C[C@@H]1O[C@@H](O[C@@H]2[C@@H](O)[C@H](O[C@H]3CC[C@@]4(C)[C@H](CC[C@]5(C)[C@@H]4CC=C4[C@H]6CC(C)(C)CC[C@]6(C(=O)O[C@@H]6O[C@H](CO[C@@H]7O[C@H](CO)[C@@H](O)[C@H](O)[C@H]7O)[C@@H](O)[C@H](O)[C@H]6O)CC[C@]45C)C3(C)C)OC[C@@H]2O)[C@H](O)[C@H](O[C@@H]2OC[C@@H](O)[C@H](O)[C@H]2O)[C@H]1O. The Morgan fingerprint density at radius 2 is 1.16 bits per heavy atom. The van der Waals surface area contributed by atoms with Gasteiger partial charge in [0.05, 0.1) is 44.1 Å². The van der Waals surface area contributed by atoms with E-state index >= 15 is 4.79 Å². The Morgan fingerprint density at radius 3 is 1.84 bits per heavy atom. The van der Waals surface area contributed by atoms with Gasteiger partial charge < -0.3 is 119 Å². The molecule has 4 saturated carbocycles. The fourth-order valence-corrected chi connectivity index (χ4v) is 17.3. The van der Waals surface area contributed by atoms with Crippen molar-refractivity contribution < 1.29 is 124 Å². The van der Waals surface area contributed by atoms with Crippen molar-refractivity contribution in [3.63, 3.8) is 0 Å². The van der Waals surface area contributed by atoms with Crippen LogP contribution < -0.4 is 0 Å². The second-order valence-corrected chi connectivity index (χ2v) is 28.2. The zero-order chi connectivity index (χ0) is 60.4. The Hall–Kier alpha value is -1.71. The number of carbonyl (C=O) groups is 1. The van der Waals surface area contributed by atoms with Crippen LogP contribution in [-0.4, -0.2) is 251 Å². The van der Waals surface area contributed by atoms with E-state index in [-0.39, 0.29) is 52.6 Å². The zero-order valence-corrected chi connectivity index (χ0v) is 48.8. The Morgan fingerprint density at radius 1 is 0.566 bits per heavy atom. The highest BCUT2D eigenvalue weighted by Crippen LogP contribution is 2.76. The molecule has 10 rings (SSSR count). The summed E-state index contributed by atoms with van der Waals surface area (Å²) in [5.41, 5.74) is -1.08. The average Bonchev–Trinajstić information content (AvgIpc) is 1.55. The predicted molar refractivity (Wildman–Crippen MR) is 282 cm³/mol. The summed E-state index contributed by atoms with van der Waals surface area (Å²) in [5.74, 6) is -0.424. The van der Waals surface area contributed by atoms with Crippen LogP contribution in [0.3, 0.4) is 0 Å². The van der Waals surface area contributed by atoms with Crippen molar-refractivity contribution in [2.75, 3.05) is 26.4 Å². The van der Waals surface area contributed by atoms with Crippen LogP contribution in [0.1, 0.15) is 120 Å². The number of aliphatic hydroxyl groups is 14. The highest BCUT2D eigenvalue weighted by Gasteiger charge is 2.70. The molecule has 5 aliphatic heterocycles. The molecule has 0 bridgehead atoms. The van der Waals surface area contributed by atoms with Gasteiger partial charge in [0.1, 0.15) is 104 Å². The van der Waals surface area contributed by atoms with E-state index in [1.54, 1.807) is 0 Å². The Kier molecular flexibility index (Phi) is 18.3. The maximum Gasteiger partial charge on any atom is 0.315 e. The van der Waals surface area contributed by atoms with E-state index in [0.29, 0.717) is 32.1 Å². The number of rotatable bonds is 12. The molecule has 14 N–H and O–H groups in total. The van der Waals surface area contributed by atoms with E-state index < -0.39 is 177 Å². The molecule has 0 spiro atoms. The highest BCUT2D eigenvalue weighted by atomic mass is 16.8. The van der Waals surface area contributed by atoms with Gasteiger partial charge in [0.15, 0.2) is 25.2 Å². The van der Waals surface area contributed by atoms with Crippen molar-refractivity contribution in [3.8, 4) is 0 Å². The first kappa shape index (κ1) is 64.3. The van der Waals surface area contributed by atoms with Gasteiger partial charge in [-0.25, -0.2) is 0 Å². The summed E-state index contributed by atoms with van der Waals surface area (Å²) in [6, 6.07) is 0. The molecule has 9 fully saturated rings. The second-order valence-electron chi connectivity index (χ2n) is 28.2. The van der Waals surface area contributed by atoms with Crippen molar-refractivity contribution in [1.82, 2.24) is 0 Å². The molecule has 0 aromatic carbocycles. The van der Waals surface area contributed by atoms with Gasteiger partial charge >= 0.3 is 5.97 Å². The number of aliphatic hydroxyl groups excluding tert-OH is 14. The Balaban J connectivity index is 0.819. The first-order valence-electron chi connectivity index (χ1n) is 30.0. The molecule has 5 saturated heterocycles. The van der Waals surface area contributed by atoms with Crippen molar-refractivity contribution in [2.45, 2.75) is 267 Å². The molecule has 5 heterocycles. The fourth-order valence-electron chi connectivity index (χ4n) is 17.3. The minimum Gasteiger partial charge on any atom is -0.432 e. The lowest BCUT2D eigenvalue weighted by molar-refractivity contribution is -0.371. The first-order chi connectivity index (χ1) is 38.8. The molecule has 0 aromatic rings. The summed E-state index contributed by atoms with van der Waals surface area (Å²) in [6.07, 6.45) is -26.6. The van der Waals surface area contributed by atoms with Crippen LogP contribution in [0.15, 0.2) is 11.6 Å². The average molecular weight is 1190 g/mol. The third kappa shape index (κ3) is 10.9. The summed E-state index contributed by atoms with van der Waals surface area (Å²) < 4.78 is 59.0. The van der Waals surface area contributed by atoms with E-state index in [2.05, 4.69) is 54.5 Å². The largest absolute Gasteiger partial charge is 0.432 e. The molecule has 476 valence electrons. The molecule has 25 heteroatoms. The third-order valence-corrected chi connectivity index (χ3v) is 22.7. The molecule has 83 heavy (non-hydrogen) atoms. The van der Waals surface area contributed by atoms with E-state index in [1.165, 1.54) is 12.5 Å². The summed E-state index contributed by atoms with van der Waals surface area (Å²) >= 11 is 0. The van der Waals surface area contributed by atoms with E-state index in [0.717, 1.165) is 32.1 Å². The number of fused-ring (bicyclic) bond motifs is 7. The topological polar surface area (TPSA) is 393 Å². The normalized spacial score (nSPS) is 54.2. The minimum absolute atomic E-state index is 0.135. The van der Waals surface area contributed by atoms with Gasteiger partial charge in [0.25, 0.3) is 0 Å². The maximum atomic E-state index is 15.1. The van der Waals surface area contributed by atoms with Crippen LogP contribution in [0.2, 0.25) is 0 Å². The van der Waals surface area contributed by atoms with E-state index in [1.807, 2.05) is 0 Å². The van der Waals surface area contributed by atoms with Gasteiger partial charge in [-0.1, -0.05) is 60.1 Å². The molecule has 25 nitrogen and oxygen atoms in total. The van der Waals surface area contributed by atoms with Crippen LogP contribution in [0.5, 0.6) is 0 Å². The number of ether oxygens (including phenoxy) is 10. The van der Waals surface area contributed by atoms with E-state index in [9.17, 15) is 71.5 Å². The van der Waals surface area contributed by atoms with Crippen LogP contribution in [0, 0.1) is 50.2 Å². The molecule has 0 aromatic heterocycles. The number of allylic oxidation sites excluding steroid dienone is 2. The molecule has 31 atom stereocenters. The number of esters is 1. The quantitative estimate of drug-likeness (QED) is 0.0576. The molecule has 0 radical (unpaired) electrons. The van der Waals surface area contributed by atoms with Gasteiger partial charge in [0, 0.05) is 0 Å². The second kappa shape index (κ2) is 23.6. The van der Waals surface area contributed by atoms with Crippen molar-refractivity contribution >= 4 is 5.97 Å². The molecule has 0 amide bonds. The lowest BCUT2D eigenvalue weighted by Gasteiger charge is -2.71. The Bertz CT molecular complexity index is 2310. The van der Waals surface area contributed by atoms with Crippen LogP contribution in [0.25, 0.3) is 0 Å². The van der Waals surface area contributed by atoms with Crippen molar-refractivity contribution in [1.29, 1.82) is 0 Å². The van der Waals surface area contributed by atoms with Gasteiger partial charge in [-0.3, -0.25) is 4.79 Å². The molecular formula is C58H94O25. The lowest BCUT2D eigenvalue weighted by Crippen LogP contribution is -2.66. The van der Waals surface area contributed by atoms with Crippen molar-refractivity contribution in [2.24, 2.45) is 50.2 Å². The smallest absolute Gasteiger partial charge is 0.315 e. The van der Waals surface area contributed by atoms with Gasteiger partial charge in [-0.2, -0.15) is 0 Å². The number of hydrogen-bond acceptors (Lipinski definition) is 25. The van der Waals surface area contributed by atoms with Crippen molar-refractivity contribution in [3.05, 3.63) is 11.6 Å². The highest BCUT2D eigenvalue weighted by molar-refractivity contribution is 5.79. The molecular weight excluding hydrogens is 1100 g/mol. The lowest BCUT2D eigenvalue weighted by atomic mass is 9.33. The predicted octanol–water partition coefficient (Wildman–Crippen LogP) is -1.91. The molecule has 0 unspecified atom stereocenters. The Labute approximate surface area is 483 Å². The fraction of sp³-hybridized carbons (Fsp3) is 0.948. The van der Waals surface area contributed by atoms with Gasteiger partial charge in [0.2, 0.25) is 6.29 Å². The minimum atomic E-state index is -1.84. The van der Waals surface area contributed by atoms with E-state index in [4.69, 9.17) is 47.4 Å². The summed E-state index contributed by atoms with van der Waals surface area (Å²) in [7, 11) is 0. The third-order valence-electron chi connectivity index (χ3n) is 22.7. The number of hydrogen-bond donors (Lipinski definition) is 14. The zero-order valence-electron chi connectivity index (χ0n) is 48.8.